The van der Waals surface area contributed by atoms with Gasteiger partial charge in [0.1, 0.15) is 17.3 Å². The Morgan fingerprint density at radius 2 is 1.96 bits per heavy atom. The maximum Gasteiger partial charge on any atom is 0.222 e. The van der Waals surface area contributed by atoms with Crippen molar-refractivity contribution in [2.45, 2.75) is 32.4 Å². The molecule has 1 fully saturated rings. The molecular formula is C18H20FNO4S. The van der Waals surface area contributed by atoms with Gasteiger partial charge in [0.15, 0.2) is 9.84 Å². The number of sulfone groups is 1. The Hall–Kier alpha value is -2.15. The van der Waals surface area contributed by atoms with Crippen molar-refractivity contribution in [3.63, 3.8) is 0 Å². The third kappa shape index (κ3) is 4.10. The van der Waals surface area contributed by atoms with Crippen molar-refractivity contribution >= 4 is 15.7 Å². The van der Waals surface area contributed by atoms with Gasteiger partial charge >= 0.3 is 0 Å². The van der Waals surface area contributed by atoms with Crippen molar-refractivity contribution in [2.75, 3.05) is 11.5 Å². The molecule has 0 aliphatic carbocycles. The van der Waals surface area contributed by atoms with Crippen molar-refractivity contribution in [1.82, 2.24) is 4.90 Å². The summed E-state index contributed by atoms with van der Waals surface area (Å²) in [6, 6.07) is 9.17. The highest BCUT2D eigenvalue weighted by Gasteiger charge is 2.34. The molecule has 0 spiro atoms. The molecule has 1 atom stereocenters. The van der Waals surface area contributed by atoms with Crippen LogP contribution in [0.15, 0.2) is 40.8 Å². The molecule has 25 heavy (non-hydrogen) atoms. The fraction of sp³-hybridized carbons (Fsp3) is 0.389. The average Bonchev–Trinajstić information content (AvgIpc) is 3.19. The molecule has 1 aromatic carbocycles. The van der Waals surface area contributed by atoms with Crippen LogP contribution in [0.25, 0.3) is 11.3 Å². The summed E-state index contributed by atoms with van der Waals surface area (Å²) in [4.78, 5) is 13.9. The fourth-order valence-electron chi connectivity index (χ4n) is 3.05. The molecule has 2 heterocycles. The highest BCUT2D eigenvalue weighted by molar-refractivity contribution is 7.91. The molecule has 0 bridgehead atoms. The largest absolute Gasteiger partial charge is 0.459 e. The summed E-state index contributed by atoms with van der Waals surface area (Å²) in [5, 5.41) is 0. The topological polar surface area (TPSA) is 67.6 Å². The van der Waals surface area contributed by atoms with Crippen LogP contribution in [0, 0.1) is 5.82 Å². The Bertz CT molecular complexity index is 857. The van der Waals surface area contributed by atoms with Crippen LogP contribution in [0.2, 0.25) is 0 Å². The zero-order chi connectivity index (χ0) is 18.0. The van der Waals surface area contributed by atoms with Crippen LogP contribution >= 0.6 is 0 Å². The number of hydrogen-bond donors (Lipinski definition) is 0. The van der Waals surface area contributed by atoms with Crippen LogP contribution in [0.5, 0.6) is 0 Å². The van der Waals surface area contributed by atoms with Crippen molar-refractivity contribution in [1.29, 1.82) is 0 Å². The molecule has 3 rings (SSSR count). The first-order valence-electron chi connectivity index (χ1n) is 8.22. The van der Waals surface area contributed by atoms with Gasteiger partial charge in [-0.2, -0.15) is 0 Å². The van der Waals surface area contributed by atoms with E-state index < -0.39 is 9.84 Å². The number of amides is 1. The number of carbonyl (C=O) groups excluding carboxylic acids is 1. The number of hydrogen-bond acceptors (Lipinski definition) is 4. The van der Waals surface area contributed by atoms with E-state index >= 15 is 0 Å². The molecule has 0 radical (unpaired) electrons. The summed E-state index contributed by atoms with van der Waals surface area (Å²) in [6.45, 7) is 1.99. The van der Waals surface area contributed by atoms with Crippen LogP contribution in [0.1, 0.15) is 25.5 Å². The number of carbonyl (C=O) groups is 1. The highest BCUT2D eigenvalue weighted by Crippen LogP contribution is 2.25. The van der Waals surface area contributed by atoms with E-state index in [2.05, 4.69) is 0 Å². The Balaban J connectivity index is 1.78. The van der Waals surface area contributed by atoms with Crippen LogP contribution in [0.4, 0.5) is 4.39 Å². The second-order valence-electron chi connectivity index (χ2n) is 6.20. The van der Waals surface area contributed by atoms with Gasteiger partial charge in [-0.15, -0.1) is 0 Å². The van der Waals surface area contributed by atoms with E-state index in [0.29, 0.717) is 24.4 Å². The number of nitrogens with zero attached hydrogens (tertiary/aromatic N) is 1. The predicted molar refractivity (Wildman–Crippen MR) is 92.0 cm³/mol. The van der Waals surface area contributed by atoms with Crippen molar-refractivity contribution in [3.05, 3.63) is 48.0 Å². The van der Waals surface area contributed by atoms with Crippen LogP contribution in [-0.4, -0.2) is 36.8 Å². The minimum absolute atomic E-state index is 0.00423. The van der Waals surface area contributed by atoms with Gasteiger partial charge in [0.05, 0.1) is 18.1 Å². The summed E-state index contributed by atoms with van der Waals surface area (Å²) in [7, 11) is -3.08. The van der Waals surface area contributed by atoms with Gasteiger partial charge in [-0.1, -0.05) is 6.92 Å². The normalized spacial score (nSPS) is 19.0. The summed E-state index contributed by atoms with van der Waals surface area (Å²) < 4.78 is 42.3. The molecule has 0 saturated carbocycles. The van der Waals surface area contributed by atoms with E-state index in [1.165, 1.54) is 12.1 Å². The average molecular weight is 365 g/mol. The first-order chi connectivity index (χ1) is 11.9. The quantitative estimate of drug-likeness (QED) is 0.817. The molecule has 1 amide bonds. The maximum atomic E-state index is 13.0. The van der Waals surface area contributed by atoms with Gasteiger partial charge in [0.2, 0.25) is 5.91 Å². The van der Waals surface area contributed by atoms with Gasteiger partial charge < -0.3 is 9.32 Å². The predicted octanol–water partition coefficient (Wildman–Crippen LogP) is 3.01. The number of benzene rings is 1. The Kier molecular flexibility index (Phi) is 4.94. The smallest absolute Gasteiger partial charge is 0.222 e. The zero-order valence-corrected chi connectivity index (χ0v) is 14.8. The lowest BCUT2D eigenvalue weighted by Gasteiger charge is -2.27. The fourth-order valence-corrected chi connectivity index (χ4v) is 4.78. The van der Waals surface area contributed by atoms with E-state index in [9.17, 15) is 17.6 Å². The standard InChI is InChI=1S/C18H20FNO4S/c1-2-18(21)20(15-9-10-25(22,23)12-15)11-16-7-8-17(24-16)13-3-5-14(19)6-4-13/h3-8,15H,2,9-12H2,1H3/t15-/m1/s1. The molecule has 1 aliphatic rings. The number of halogens is 1. The molecular weight excluding hydrogens is 345 g/mol. The van der Waals surface area contributed by atoms with Crippen molar-refractivity contribution in [2.24, 2.45) is 0 Å². The molecule has 5 nitrogen and oxygen atoms in total. The molecule has 1 aromatic heterocycles. The summed E-state index contributed by atoms with van der Waals surface area (Å²) in [5.74, 6) is 0.858. The molecule has 2 aromatic rings. The first-order valence-corrected chi connectivity index (χ1v) is 10.0. The minimum atomic E-state index is -3.08. The van der Waals surface area contributed by atoms with Gasteiger partial charge in [0.25, 0.3) is 0 Å². The Morgan fingerprint density at radius 3 is 2.56 bits per heavy atom. The van der Waals surface area contributed by atoms with Crippen LogP contribution in [-0.2, 0) is 21.2 Å². The van der Waals surface area contributed by atoms with E-state index in [-0.39, 0.29) is 35.8 Å². The van der Waals surface area contributed by atoms with E-state index in [4.69, 9.17) is 4.42 Å². The van der Waals surface area contributed by atoms with Crippen LogP contribution in [0.3, 0.4) is 0 Å². The number of furan rings is 1. The van der Waals surface area contributed by atoms with Gasteiger partial charge in [-0.3, -0.25) is 4.79 Å². The van der Waals surface area contributed by atoms with Crippen molar-refractivity contribution < 1.29 is 22.0 Å². The minimum Gasteiger partial charge on any atom is -0.459 e. The molecule has 0 N–H and O–H groups in total. The number of rotatable bonds is 5. The van der Waals surface area contributed by atoms with E-state index in [0.717, 1.165) is 5.56 Å². The lowest BCUT2D eigenvalue weighted by Crippen LogP contribution is -2.40. The summed E-state index contributed by atoms with van der Waals surface area (Å²) >= 11 is 0. The molecule has 0 unspecified atom stereocenters. The van der Waals surface area contributed by atoms with E-state index in [1.807, 2.05) is 0 Å². The molecule has 7 heteroatoms. The van der Waals surface area contributed by atoms with Crippen LogP contribution < -0.4 is 0 Å². The van der Waals surface area contributed by atoms with Gasteiger partial charge in [-0.05, 0) is 42.8 Å². The maximum absolute atomic E-state index is 13.0. The van der Waals surface area contributed by atoms with Crippen molar-refractivity contribution in [3.8, 4) is 11.3 Å². The Morgan fingerprint density at radius 1 is 1.24 bits per heavy atom. The van der Waals surface area contributed by atoms with E-state index in [1.54, 1.807) is 36.1 Å². The zero-order valence-electron chi connectivity index (χ0n) is 13.9. The first kappa shape index (κ1) is 17.7. The van der Waals surface area contributed by atoms with Gasteiger partial charge in [-0.25, -0.2) is 12.8 Å². The molecule has 134 valence electrons. The highest BCUT2D eigenvalue weighted by atomic mass is 32.2. The monoisotopic (exact) mass is 365 g/mol. The third-order valence-corrected chi connectivity index (χ3v) is 6.14. The Labute approximate surface area is 146 Å². The summed E-state index contributed by atoms with van der Waals surface area (Å²) in [6.07, 6.45) is 0.766. The third-order valence-electron chi connectivity index (χ3n) is 4.39. The molecule has 1 saturated heterocycles. The SMILES string of the molecule is CCC(=O)N(Cc1ccc(-c2ccc(F)cc2)o1)[C@@H]1CCS(=O)(=O)C1. The summed E-state index contributed by atoms with van der Waals surface area (Å²) in [5.41, 5.74) is 0.740. The second-order valence-corrected chi connectivity index (χ2v) is 8.43. The second kappa shape index (κ2) is 7.00. The lowest BCUT2D eigenvalue weighted by atomic mass is 10.2. The molecule has 1 aliphatic heterocycles. The lowest BCUT2D eigenvalue weighted by molar-refractivity contribution is -0.133. The van der Waals surface area contributed by atoms with Gasteiger partial charge in [0, 0.05) is 18.0 Å².